The number of hydrogen-bond acceptors (Lipinski definition) is 7. The Morgan fingerprint density at radius 3 is 1.85 bits per heavy atom. The van der Waals surface area contributed by atoms with Crippen LogP contribution in [0, 0.1) is 0 Å². The molecular weight excluding hydrogens is 360 g/mol. The highest BCUT2D eigenvalue weighted by molar-refractivity contribution is 8.00. The lowest BCUT2D eigenvalue weighted by molar-refractivity contribution is -0.120. The van der Waals surface area contributed by atoms with Crippen LogP contribution in [0.2, 0.25) is 0 Å². The molecule has 138 valence electrons. The Bertz CT molecular complexity index is 847. The van der Waals surface area contributed by atoms with Gasteiger partial charge >= 0.3 is 0 Å². The number of carbonyl (C=O) groups is 1. The topological polar surface area (TPSA) is 120 Å². The summed E-state index contributed by atoms with van der Waals surface area (Å²) < 4.78 is 0. The van der Waals surface area contributed by atoms with E-state index in [9.17, 15) is 4.79 Å². The Hall–Kier alpha value is -3.13. The summed E-state index contributed by atoms with van der Waals surface area (Å²) in [7, 11) is 0. The second-order valence-corrected chi connectivity index (χ2v) is 7.17. The smallest absolute Gasteiger partial charge is 0.234 e. The van der Waals surface area contributed by atoms with E-state index in [1.807, 2.05) is 60.7 Å². The number of nitrogens with one attached hydrogen (secondary N) is 1. The number of rotatable bonds is 6. The van der Waals surface area contributed by atoms with Crippen molar-refractivity contribution in [1.29, 1.82) is 0 Å². The third-order valence-electron chi connectivity index (χ3n) is 3.85. The third-order valence-corrected chi connectivity index (χ3v) is 4.81. The number of nitrogens with zero attached hydrogens (tertiary/aromatic N) is 3. The molecule has 8 heteroatoms. The van der Waals surface area contributed by atoms with E-state index in [-0.39, 0.29) is 23.8 Å². The SMILES string of the molecule is CC(Sc1nc(N)nc(N)n1)C(=O)NC(c1ccccc1)c1ccccc1. The summed E-state index contributed by atoms with van der Waals surface area (Å²) in [6, 6.07) is 19.4. The second-order valence-electron chi connectivity index (χ2n) is 5.86. The molecule has 0 fully saturated rings. The Labute approximate surface area is 161 Å². The van der Waals surface area contributed by atoms with E-state index >= 15 is 0 Å². The van der Waals surface area contributed by atoms with Crippen molar-refractivity contribution in [2.75, 3.05) is 11.5 Å². The molecule has 1 heterocycles. The molecule has 1 aromatic heterocycles. The number of amides is 1. The van der Waals surface area contributed by atoms with Crippen molar-refractivity contribution < 1.29 is 4.79 Å². The van der Waals surface area contributed by atoms with Crippen molar-refractivity contribution >= 4 is 29.6 Å². The zero-order valence-corrected chi connectivity index (χ0v) is 15.6. The van der Waals surface area contributed by atoms with Gasteiger partial charge in [0.15, 0.2) is 5.16 Å². The van der Waals surface area contributed by atoms with Gasteiger partial charge < -0.3 is 16.8 Å². The van der Waals surface area contributed by atoms with E-state index in [1.54, 1.807) is 6.92 Å². The number of benzene rings is 2. The molecule has 0 spiro atoms. The molecule has 0 aliphatic rings. The average molecular weight is 380 g/mol. The fraction of sp³-hybridized carbons (Fsp3) is 0.158. The first-order valence-corrected chi connectivity index (χ1v) is 9.25. The van der Waals surface area contributed by atoms with Gasteiger partial charge in [-0.2, -0.15) is 15.0 Å². The van der Waals surface area contributed by atoms with Crippen molar-refractivity contribution in [2.45, 2.75) is 23.4 Å². The average Bonchev–Trinajstić information content (AvgIpc) is 2.66. The first-order chi connectivity index (χ1) is 13.0. The molecule has 2 aromatic carbocycles. The lowest BCUT2D eigenvalue weighted by Crippen LogP contribution is -2.35. The van der Waals surface area contributed by atoms with Crippen molar-refractivity contribution in [3.05, 3.63) is 71.8 Å². The van der Waals surface area contributed by atoms with Gasteiger partial charge in [0.05, 0.1) is 11.3 Å². The molecule has 0 saturated carbocycles. The molecule has 7 nitrogen and oxygen atoms in total. The van der Waals surface area contributed by atoms with Crippen LogP contribution in [-0.2, 0) is 4.79 Å². The number of nitrogen functional groups attached to an aromatic ring is 2. The minimum absolute atomic E-state index is 0.0315. The van der Waals surface area contributed by atoms with Crippen LogP contribution in [0.5, 0.6) is 0 Å². The van der Waals surface area contributed by atoms with Crippen LogP contribution in [0.1, 0.15) is 24.1 Å². The summed E-state index contributed by atoms with van der Waals surface area (Å²) in [5.41, 5.74) is 13.2. The molecule has 3 rings (SSSR count). The zero-order valence-electron chi connectivity index (χ0n) is 14.7. The highest BCUT2D eigenvalue weighted by atomic mass is 32.2. The minimum atomic E-state index is -0.443. The van der Waals surface area contributed by atoms with Gasteiger partial charge in [-0.1, -0.05) is 72.4 Å². The van der Waals surface area contributed by atoms with Gasteiger partial charge in [-0.3, -0.25) is 4.79 Å². The maximum absolute atomic E-state index is 12.8. The molecule has 1 unspecified atom stereocenters. The largest absolute Gasteiger partial charge is 0.368 e. The summed E-state index contributed by atoms with van der Waals surface area (Å²) in [5, 5.41) is 2.98. The molecule has 0 aliphatic carbocycles. The Morgan fingerprint density at radius 1 is 0.889 bits per heavy atom. The predicted octanol–water partition coefficient (Wildman–Crippen LogP) is 2.42. The summed E-state index contributed by atoms with van der Waals surface area (Å²) in [4.78, 5) is 24.6. The lowest BCUT2D eigenvalue weighted by Gasteiger charge is -2.21. The predicted molar refractivity (Wildman–Crippen MR) is 107 cm³/mol. The first-order valence-electron chi connectivity index (χ1n) is 8.37. The molecular formula is C19H20N6OS. The van der Waals surface area contributed by atoms with Crippen molar-refractivity contribution in [2.24, 2.45) is 0 Å². The van der Waals surface area contributed by atoms with Crippen LogP contribution in [0.25, 0.3) is 0 Å². The Kier molecular flexibility index (Phi) is 5.87. The van der Waals surface area contributed by atoms with Crippen LogP contribution in [-0.4, -0.2) is 26.1 Å². The fourth-order valence-electron chi connectivity index (χ4n) is 2.56. The van der Waals surface area contributed by atoms with Gasteiger partial charge in [0.2, 0.25) is 17.8 Å². The van der Waals surface area contributed by atoms with E-state index in [1.165, 1.54) is 11.8 Å². The highest BCUT2D eigenvalue weighted by Crippen LogP contribution is 2.25. The van der Waals surface area contributed by atoms with E-state index in [4.69, 9.17) is 11.5 Å². The number of thioether (sulfide) groups is 1. The zero-order chi connectivity index (χ0) is 19.2. The minimum Gasteiger partial charge on any atom is -0.368 e. The Morgan fingerprint density at radius 2 is 1.37 bits per heavy atom. The molecule has 0 bridgehead atoms. The van der Waals surface area contributed by atoms with Crippen molar-refractivity contribution in [3.8, 4) is 0 Å². The molecule has 5 N–H and O–H groups in total. The second kappa shape index (κ2) is 8.50. The van der Waals surface area contributed by atoms with E-state index in [2.05, 4.69) is 20.3 Å². The molecule has 1 atom stereocenters. The van der Waals surface area contributed by atoms with Gasteiger partial charge in [-0.25, -0.2) is 0 Å². The highest BCUT2D eigenvalue weighted by Gasteiger charge is 2.22. The molecule has 27 heavy (non-hydrogen) atoms. The van der Waals surface area contributed by atoms with E-state index in [0.29, 0.717) is 5.16 Å². The third kappa shape index (κ3) is 4.95. The standard InChI is InChI=1S/C19H20N6OS/c1-12(27-19-24-17(20)23-18(21)25-19)16(26)22-15(13-8-4-2-5-9-13)14-10-6-3-7-11-14/h2-12,15H,1H3,(H,22,26)(H4,20,21,23,24,25). The number of nitrogens with two attached hydrogens (primary N) is 2. The van der Waals surface area contributed by atoms with Crippen LogP contribution in [0.4, 0.5) is 11.9 Å². The van der Waals surface area contributed by atoms with Gasteiger partial charge in [0, 0.05) is 0 Å². The number of anilines is 2. The molecule has 1 amide bonds. The number of carbonyl (C=O) groups excluding carboxylic acids is 1. The van der Waals surface area contributed by atoms with Gasteiger partial charge in [-0.15, -0.1) is 0 Å². The molecule has 0 saturated heterocycles. The quantitative estimate of drug-likeness (QED) is 0.562. The number of aromatic nitrogens is 3. The number of hydrogen-bond donors (Lipinski definition) is 3. The van der Waals surface area contributed by atoms with Gasteiger partial charge in [0.1, 0.15) is 0 Å². The maximum atomic E-state index is 12.8. The van der Waals surface area contributed by atoms with Crippen LogP contribution in [0.3, 0.4) is 0 Å². The summed E-state index contributed by atoms with van der Waals surface area (Å²) >= 11 is 1.18. The maximum Gasteiger partial charge on any atom is 0.234 e. The van der Waals surface area contributed by atoms with Crippen LogP contribution >= 0.6 is 11.8 Å². The van der Waals surface area contributed by atoms with Crippen LogP contribution in [0.15, 0.2) is 65.8 Å². The van der Waals surface area contributed by atoms with Gasteiger partial charge in [-0.05, 0) is 18.1 Å². The summed E-state index contributed by atoms with van der Waals surface area (Å²) in [6.07, 6.45) is 0. The van der Waals surface area contributed by atoms with Crippen LogP contribution < -0.4 is 16.8 Å². The van der Waals surface area contributed by atoms with E-state index in [0.717, 1.165) is 11.1 Å². The van der Waals surface area contributed by atoms with Crippen molar-refractivity contribution in [1.82, 2.24) is 20.3 Å². The monoisotopic (exact) mass is 380 g/mol. The summed E-state index contributed by atoms with van der Waals surface area (Å²) in [5.74, 6) is -0.0802. The fourth-order valence-corrected chi connectivity index (χ4v) is 3.35. The lowest BCUT2D eigenvalue weighted by atomic mass is 9.98. The van der Waals surface area contributed by atoms with Gasteiger partial charge in [0.25, 0.3) is 0 Å². The molecule has 3 aromatic rings. The first kappa shape index (κ1) is 18.7. The Balaban J connectivity index is 1.78. The van der Waals surface area contributed by atoms with Crippen molar-refractivity contribution in [3.63, 3.8) is 0 Å². The van der Waals surface area contributed by atoms with E-state index < -0.39 is 5.25 Å². The normalized spacial score (nSPS) is 11.9. The summed E-state index contributed by atoms with van der Waals surface area (Å²) in [6.45, 7) is 1.78. The molecule has 0 radical (unpaired) electrons. The molecule has 0 aliphatic heterocycles.